The van der Waals surface area contributed by atoms with Crippen LogP contribution in [0.5, 0.6) is 0 Å². The van der Waals surface area contributed by atoms with Crippen molar-refractivity contribution >= 4 is 28.5 Å². The molecule has 2 aromatic carbocycles. The van der Waals surface area contributed by atoms with Crippen molar-refractivity contribution < 1.29 is 0 Å². The Labute approximate surface area is 171 Å². The van der Waals surface area contributed by atoms with E-state index in [2.05, 4.69) is 51.0 Å². The molecule has 0 amide bonds. The van der Waals surface area contributed by atoms with Crippen LogP contribution >= 0.6 is 0 Å². The smallest absolute Gasteiger partial charge is 0.139 e. The lowest BCUT2D eigenvalue weighted by molar-refractivity contribution is 0.249. The average Bonchev–Trinajstić information content (AvgIpc) is 2.75. The number of hydrogen-bond acceptors (Lipinski definition) is 6. The summed E-state index contributed by atoms with van der Waals surface area (Å²) < 4.78 is 0. The highest BCUT2D eigenvalue weighted by Crippen LogP contribution is 2.27. The van der Waals surface area contributed by atoms with Crippen molar-refractivity contribution in [3.05, 3.63) is 71.7 Å². The van der Waals surface area contributed by atoms with E-state index < -0.39 is 0 Å². The van der Waals surface area contributed by atoms with Crippen molar-refractivity contribution in [2.24, 2.45) is 5.73 Å². The minimum atomic E-state index is 0.685. The van der Waals surface area contributed by atoms with E-state index in [0.29, 0.717) is 5.57 Å². The number of hydrogen-bond donors (Lipinski definition) is 2. The summed E-state index contributed by atoms with van der Waals surface area (Å²) in [7, 11) is 0. The summed E-state index contributed by atoms with van der Waals surface area (Å²) in [5.41, 5.74) is 10.8. The van der Waals surface area contributed by atoms with Gasteiger partial charge in [-0.25, -0.2) is 9.97 Å². The van der Waals surface area contributed by atoms with Crippen LogP contribution in [-0.2, 0) is 6.54 Å². The van der Waals surface area contributed by atoms with Crippen LogP contribution in [0.1, 0.15) is 16.7 Å². The Bertz CT molecular complexity index is 1050. The molecular formula is C23H26N6. The van der Waals surface area contributed by atoms with Crippen molar-refractivity contribution in [1.29, 1.82) is 5.41 Å². The van der Waals surface area contributed by atoms with E-state index in [1.807, 2.05) is 18.2 Å². The fraction of sp³-hybridized carbons (Fsp3) is 0.261. The van der Waals surface area contributed by atoms with Crippen molar-refractivity contribution in [2.45, 2.75) is 13.5 Å². The molecule has 0 saturated carbocycles. The number of piperazine rings is 1. The predicted octanol–water partition coefficient (Wildman–Crippen LogP) is 3.21. The van der Waals surface area contributed by atoms with Crippen LogP contribution < -0.4 is 10.6 Å². The Morgan fingerprint density at radius 2 is 1.93 bits per heavy atom. The lowest BCUT2D eigenvalue weighted by atomic mass is 10.0. The van der Waals surface area contributed by atoms with Gasteiger partial charge in [0.05, 0.1) is 5.52 Å². The third-order valence-corrected chi connectivity index (χ3v) is 5.44. The highest BCUT2D eigenvalue weighted by Gasteiger charge is 2.20. The number of nitrogens with zero attached hydrogens (tertiary/aromatic N) is 4. The van der Waals surface area contributed by atoms with Crippen molar-refractivity contribution in [1.82, 2.24) is 14.9 Å². The van der Waals surface area contributed by atoms with Gasteiger partial charge in [0.2, 0.25) is 0 Å². The maximum atomic E-state index is 7.56. The fourth-order valence-corrected chi connectivity index (χ4v) is 3.89. The Balaban J connectivity index is 1.53. The summed E-state index contributed by atoms with van der Waals surface area (Å²) in [6, 6.07) is 14.7. The lowest BCUT2D eigenvalue weighted by Gasteiger charge is -2.35. The predicted molar refractivity (Wildman–Crippen MR) is 119 cm³/mol. The number of rotatable bonds is 5. The van der Waals surface area contributed by atoms with E-state index in [9.17, 15) is 0 Å². The maximum Gasteiger partial charge on any atom is 0.139 e. The monoisotopic (exact) mass is 386 g/mol. The molecule has 0 radical (unpaired) electrons. The van der Waals surface area contributed by atoms with Crippen molar-refractivity contribution in [2.75, 3.05) is 31.1 Å². The molecule has 29 heavy (non-hydrogen) atoms. The van der Waals surface area contributed by atoms with E-state index in [1.165, 1.54) is 23.5 Å². The van der Waals surface area contributed by atoms with Gasteiger partial charge in [0.15, 0.2) is 0 Å². The van der Waals surface area contributed by atoms with E-state index in [-0.39, 0.29) is 0 Å². The van der Waals surface area contributed by atoms with Gasteiger partial charge in [-0.2, -0.15) is 0 Å². The summed E-state index contributed by atoms with van der Waals surface area (Å²) in [5, 5.41) is 8.56. The molecule has 0 spiro atoms. The third kappa shape index (κ3) is 4.12. The number of anilines is 1. The zero-order chi connectivity index (χ0) is 20.2. The normalized spacial score (nSPS) is 15.6. The zero-order valence-corrected chi connectivity index (χ0v) is 16.7. The number of nitrogens with two attached hydrogens (primary N) is 1. The topological polar surface area (TPSA) is 82.1 Å². The molecule has 6 nitrogen and oxygen atoms in total. The number of aryl methyl sites for hydroxylation is 1. The first-order valence-electron chi connectivity index (χ1n) is 9.88. The van der Waals surface area contributed by atoms with Crippen molar-refractivity contribution in [3.63, 3.8) is 0 Å². The molecule has 3 aromatic rings. The highest BCUT2D eigenvalue weighted by molar-refractivity contribution is 6.09. The van der Waals surface area contributed by atoms with Crippen LogP contribution in [0.3, 0.4) is 0 Å². The number of nitrogens with one attached hydrogen (secondary N) is 1. The Morgan fingerprint density at radius 1 is 1.10 bits per heavy atom. The van der Waals surface area contributed by atoms with E-state index >= 15 is 0 Å². The summed E-state index contributed by atoms with van der Waals surface area (Å²) >= 11 is 0. The molecule has 1 saturated heterocycles. The molecule has 0 atom stereocenters. The van der Waals surface area contributed by atoms with Crippen LogP contribution in [0.25, 0.3) is 16.5 Å². The quantitative estimate of drug-likeness (QED) is 0.658. The number of aromatic nitrogens is 2. The first kappa shape index (κ1) is 19.1. The van der Waals surface area contributed by atoms with Gasteiger partial charge in [0.25, 0.3) is 0 Å². The van der Waals surface area contributed by atoms with Gasteiger partial charge < -0.3 is 16.0 Å². The minimum absolute atomic E-state index is 0.685. The van der Waals surface area contributed by atoms with Gasteiger partial charge in [-0.1, -0.05) is 35.9 Å². The van der Waals surface area contributed by atoms with Crippen LogP contribution in [0.2, 0.25) is 0 Å². The number of allylic oxidation sites excluding steroid dienone is 1. The van der Waals surface area contributed by atoms with E-state index in [0.717, 1.165) is 55.0 Å². The Hall–Kier alpha value is -3.25. The largest absolute Gasteiger partial charge is 0.404 e. The number of fused-ring (bicyclic) bond motifs is 1. The van der Waals surface area contributed by atoms with Crippen LogP contribution in [0.4, 0.5) is 5.82 Å². The van der Waals surface area contributed by atoms with Gasteiger partial charge in [-0.15, -0.1) is 0 Å². The SMILES string of the molecule is Cc1cccc(CN2CCN(c3ncnc4ccc(C(C=N)=CN)cc34)CC2)c1. The molecule has 2 heterocycles. The second-order valence-electron chi connectivity index (χ2n) is 7.45. The Kier molecular flexibility index (Phi) is 5.53. The molecule has 1 aliphatic heterocycles. The average molecular weight is 387 g/mol. The molecule has 0 aliphatic carbocycles. The molecular weight excluding hydrogens is 360 g/mol. The number of benzene rings is 2. The molecule has 1 aromatic heterocycles. The second-order valence-corrected chi connectivity index (χ2v) is 7.45. The zero-order valence-electron chi connectivity index (χ0n) is 16.7. The highest BCUT2D eigenvalue weighted by atomic mass is 15.3. The Morgan fingerprint density at radius 3 is 2.66 bits per heavy atom. The van der Waals surface area contributed by atoms with Crippen LogP contribution in [0.15, 0.2) is 55.0 Å². The molecule has 1 fully saturated rings. The fourth-order valence-electron chi connectivity index (χ4n) is 3.89. The summed E-state index contributed by atoms with van der Waals surface area (Å²) in [4.78, 5) is 13.8. The molecule has 4 rings (SSSR count). The van der Waals surface area contributed by atoms with Gasteiger partial charge in [-0.3, -0.25) is 4.90 Å². The molecule has 148 valence electrons. The van der Waals surface area contributed by atoms with Gasteiger partial charge in [0.1, 0.15) is 12.1 Å². The molecule has 6 heteroatoms. The molecule has 0 bridgehead atoms. The third-order valence-electron chi connectivity index (χ3n) is 5.44. The first-order chi connectivity index (χ1) is 14.2. The van der Waals surface area contributed by atoms with Crippen LogP contribution in [0, 0.1) is 12.3 Å². The molecule has 0 unspecified atom stereocenters. The van der Waals surface area contributed by atoms with Gasteiger partial charge in [0, 0.05) is 56.1 Å². The molecule has 3 N–H and O–H groups in total. The standard InChI is InChI=1S/C23H26N6/c1-17-3-2-4-18(11-17)15-28-7-9-29(10-8-28)23-21-12-19(20(13-24)14-25)5-6-22(21)26-16-27-23/h2-6,11-14,16,24H,7-10,15,25H2,1H3. The van der Waals surface area contributed by atoms with Gasteiger partial charge in [-0.05, 0) is 30.2 Å². The van der Waals surface area contributed by atoms with Crippen LogP contribution in [-0.4, -0.2) is 47.3 Å². The molecule has 1 aliphatic rings. The van der Waals surface area contributed by atoms with Crippen molar-refractivity contribution in [3.8, 4) is 0 Å². The van der Waals surface area contributed by atoms with E-state index in [1.54, 1.807) is 6.33 Å². The summed E-state index contributed by atoms with van der Waals surface area (Å²) in [5.74, 6) is 0.952. The lowest BCUT2D eigenvalue weighted by Crippen LogP contribution is -2.46. The second kappa shape index (κ2) is 8.41. The summed E-state index contributed by atoms with van der Waals surface area (Å²) in [6.45, 7) is 6.95. The van der Waals surface area contributed by atoms with Gasteiger partial charge >= 0.3 is 0 Å². The maximum absolute atomic E-state index is 7.56. The minimum Gasteiger partial charge on any atom is -0.404 e. The summed E-state index contributed by atoms with van der Waals surface area (Å²) in [6.07, 6.45) is 4.36. The van der Waals surface area contributed by atoms with E-state index in [4.69, 9.17) is 11.1 Å². The first-order valence-corrected chi connectivity index (χ1v) is 9.88.